The van der Waals surface area contributed by atoms with Gasteiger partial charge in [-0.3, -0.25) is 0 Å². The zero-order valence-electron chi connectivity index (χ0n) is 9.74. The van der Waals surface area contributed by atoms with Crippen molar-refractivity contribution < 1.29 is 4.42 Å². The number of hydrogen-bond donors (Lipinski definition) is 1. The lowest BCUT2D eigenvalue weighted by molar-refractivity contribution is 0.490. The van der Waals surface area contributed by atoms with Gasteiger partial charge in [0, 0.05) is 4.47 Å². The Hall–Kier alpha value is -1.33. The molecule has 18 heavy (non-hydrogen) atoms. The molecule has 0 aliphatic heterocycles. The molecule has 0 radical (unpaired) electrons. The summed E-state index contributed by atoms with van der Waals surface area (Å²) in [5.41, 5.74) is 1.02. The fourth-order valence-electron chi connectivity index (χ4n) is 1.72. The Kier molecular flexibility index (Phi) is 3.09. The predicted molar refractivity (Wildman–Crippen MR) is 78.1 cm³/mol. The van der Waals surface area contributed by atoms with E-state index in [9.17, 15) is 0 Å². The molecule has 3 rings (SSSR count). The number of halogens is 1. The molecule has 3 aromatic rings. The molecule has 0 saturated heterocycles. The van der Waals surface area contributed by atoms with E-state index in [-0.39, 0.29) is 0 Å². The standard InChI is InChI=1S/C13H11BrN2OS/c1-8-2-4-10(17-8)7-15-13-16-11-5-3-9(14)6-12(11)18-13/h2-6H,7H2,1H3,(H,15,16). The Morgan fingerprint density at radius 1 is 1.33 bits per heavy atom. The third-order valence-corrected chi connectivity index (χ3v) is 4.03. The van der Waals surface area contributed by atoms with E-state index >= 15 is 0 Å². The highest BCUT2D eigenvalue weighted by Crippen LogP contribution is 2.28. The molecule has 3 nitrogen and oxygen atoms in total. The van der Waals surface area contributed by atoms with E-state index in [4.69, 9.17) is 4.42 Å². The molecule has 0 spiro atoms. The number of fused-ring (bicyclic) bond motifs is 1. The SMILES string of the molecule is Cc1ccc(CNc2nc3ccc(Br)cc3s2)o1. The lowest BCUT2D eigenvalue weighted by Crippen LogP contribution is -1.96. The van der Waals surface area contributed by atoms with Gasteiger partial charge in [0.25, 0.3) is 0 Å². The largest absolute Gasteiger partial charge is 0.465 e. The second-order valence-corrected chi connectivity index (χ2v) is 5.94. The normalized spacial score (nSPS) is 11.0. The number of nitrogens with zero attached hydrogens (tertiary/aromatic N) is 1. The Labute approximate surface area is 117 Å². The van der Waals surface area contributed by atoms with Crippen LogP contribution in [0.25, 0.3) is 10.2 Å². The topological polar surface area (TPSA) is 38.1 Å². The number of aromatic nitrogens is 1. The average molecular weight is 323 g/mol. The van der Waals surface area contributed by atoms with Gasteiger partial charge >= 0.3 is 0 Å². The van der Waals surface area contributed by atoms with Crippen molar-refractivity contribution in [2.75, 3.05) is 5.32 Å². The van der Waals surface area contributed by atoms with Crippen LogP contribution in [0.5, 0.6) is 0 Å². The Bertz CT molecular complexity index is 689. The molecule has 92 valence electrons. The zero-order chi connectivity index (χ0) is 12.5. The summed E-state index contributed by atoms with van der Waals surface area (Å²) in [6, 6.07) is 10.0. The summed E-state index contributed by atoms with van der Waals surface area (Å²) < 4.78 is 7.75. The Morgan fingerprint density at radius 3 is 3.00 bits per heavy atom. The van der Waals surface area contributed by atoms with Crippen LogP contribution in [0.15, 0.2) is 39.2 Å². The molecule has 0 fully saturated rings. The van der Waals surface area contributed by atoms with Gasteiger partial charge in [-0.25, -0.2) is 4.98 Å². The van der Waals surface area contributed by atoms with Gasteiger partial charge in [-0.05, 0) is 37.3 Å². The van der Waals surface area contributed by atoms with Crippen LogP contribution in [-0.4, -0.2) is 4.98 Å². The molecule has 0 aliphatic rings. The lowest BCUT2D eigenvalue weighted by atomic mass is 10.3. The molecule has 5 heteroatoms. The van der Waals surface area contributed by atoms with Gasteiger partial charge in [0.1, 0.15) is 11.5 Å². The summed E-state index contributed by atoms with van der Waals surface area (Å²) in [4.78, 5) is 4.52. The summed E-state index contributed by atoms with van der Waals surface area (Å²) in [5.74, 6) is 1.85. The summed E-state index contributed by atoms with van der Waals surface area (Å²) >= 11 is 5.11. The molecule has 0 aliphatic carbocycles. The van der Waals surface area contributed by atoms with E-state index in [1.54, 1.807) is 11.3 Å². The zero-order valence-corrected chi connectivity index (χ0v) is 12.1. The van der Waals surface area contributed by atoms with Crippen molar-refractivity contribution in [1.29, 1.82) is 0 Å². The van der Waals surface area contributed by atoms with Gasteiger partial charge in [0.2, 0.25) is 0 Å². The van der Waals surface area contributed by atoms with Crippen molar-refractivity contribution in [3.8, 4) is 0 Å². The van der Waals surface area contributed by atoms with E-state index in [2.05, 4.69) is 32.3 Å². The molecular weight excluding hydrogens is 312 g/mol. The summed E-state index contributed by atoms with van der Waals surface area (Å²) in [5, 5.41) is 4.20. The van der Waals surface area contributed by atoms with E-state index in [1.807, 2.05) is 31.2 Å². The molecule has 0 amide bonds. The number of furan rings is 1. The van der Waals surface area contributed by atoms with Crippen LogP contribution in [0, 0.1) is 6.92 Å². The highest BCUT2D eigenvalue weighted by Gasteiger charge is 2.05. The van der Waals surface area contributed by atoms with E-state index in [0.29, 0.717) is 6.54 Å². The third-order valence-electron chi connectivity index (χ3n) is 2.56. The minimum Gasteiger partial charge on any atom is -0.465 e. The van der Waals surface area contributed by atoms with Crippen molar-refractivity contribution in [2.45, 2.75) is 13.5 Å². The van der Waals surface area contributed by atoms with Crippen molar-refractivity contribution in [3.63, 3.8) is 0 Å². The molecule has 0 bridgehead atoms. The number of hydrogen-bond acceptors (Lipinski definition) is 4. The van der Waals surface area contributed by atoms with Gasteiger partial charge in [0.15, 0.2) is 5.13 Å². The number of thiazole rings is 1. The molecule has 1 N–H and O–H groups in total. The molecule has 0 unspecified atom stereocenters. The maximum Gasteiger partial charge on any atom is 0.184 e. The first-order chi connectivity index (χ1) is 8.70. The number of nitrogens with one attached hydrogen (secondary N) is 1. The maximum absolute atomic E-state index is 5.51. The Balaban J connectivity index is 1.78. The molecular formula is C13H11BrN2OS. The summed E-state index contributed by atoms with van der Waals surface area (Å²) in [7, 11) is 0. The monoisotopic (exact) mass is 322 g/mol. The number of anilines is 1. The number of rotatable bonds is 3. The van der Waals surface area contributed by atoms with Crippen LogP contribution in [0.1, 0.15) is 11.5 Å². The number of aryl methyl sites for hydroxylation is 1. The minimum atomic E-state index is 0.662. The van der Waals surface area contributed by atoms with Gasteiger partial charge < -0.3 is 9.73 Å². The van der Waals surface area contributed by atoms with Crippen molar-refractivity contribution >= 4 is 42.6 Å². The fraction of sp³-hybridized carbons (Fsp3) is 0.154. The highest BCUT2D eigenvalue weighted by molar-refractivity contribution is 9.10. The van der Waals surface area contributed by atoms with Crippen LogP contribution in [0.4, 0.5) is 5.13 Å². The summed E-state index contributed by atoms with van der Waals surface area (Å²) in [6.07, 6.45) is 0. The molecule has 0 saturated carbocycles. The fourth-order valence-corrected chi connectivity index (χ4v) is 3.13. The minimum absolute atomic E-state index is 0.662. The van der Waals surface area contributed by atoms with E-state index < -0.39 is 0 Å². The van der Waals surface area contributed by atoms with E-state index in [0.717, 1.165) is 26.6 Å². The summed E-state index contributed by atoms with van der Waals surface area (Å²) in [6.45, 7) is 2.60. The maximum atomic E-state index is 5.51. The lowest BCUT2D eigenvalue weighted by Gasteiger charge is -1.97. The van der Waals surface area contributed by atoms with Crippen molar-refractivity contribution in [2.24, 2.45) is 0 Å². The van der Waals surface area contributed by atoms with Crippen LogP contribution < -0.4 is 5.32 Å². The molecule has 2 aromatic heterocycles. The van der Waals surface area contributed by atoms with Gasteiger partial charge in [-0.2, -0.15) is 0 Å². The third kappa shape index (κ3) is 2.42. The van der Waals surface area contributed by atoms with Crippen LogP contribution in [-0.2, 0) is 6.54 Å². The number of benzene rings is 1. The average Bonchev–Trinajstić information content (AvgIpc) is 2.92. The highest BCUT2D eigenvalue weighted by atomic mass is 79.9. The van der Waals surface area contributed by atoms with Crippen LogP contribution >= 0.6 is 27.3 Å². The molecule has 1 aromatic carbocycles. The first-order valence-electron chi connectivity index (χ1n) is 5.56. The second kappa shape index (κ2) is 4.74. The quantitative estimate of drug-likeness (QED) is 0.767. The van der Waals surface area contributed by atoms with Crippen LogP contribution in [0.2, 0.25) is 0 Å². The van der Waals surface area contributed by atoms with Crippen LogP contribution in [0.3, 0.4) is 0 Å². The first kappa shape index (κ1) is 11.7. The Morgan fingerprint density at radius 2 is 2.22 bits per heavy atom. The predicted octanol–water partition coefficient (Wildman–Crippen LogP) is 4.57. The molecule has 0 atom stereocenters. The second-order valence-electron chi connectivity index (χ2n) is 4.00. The first-order valence-corrected chi connectivity index (χ1v) is 7.17. The van der Waals surface area contributed by atoms with Crippen molar-refractivity contribution in [3.05, 3.63) is 46.3 Å². The van der Waals surface area contributed by atoms with Gasteiger partial charge in [-0.1, -0.05) is 27.3 Å². The molecule has 2 heterocycles. The van der Waals surface area contributed by atoms with Gasteiger partial charge in [0.05, 0.1) is 16.8 Å². The van der Waals surface area contributed by atoms with Crippen molar-refractivity contribution in [1.82, 2.24) is 4.98 Å². The van der Waals surface area contributed by atoms with E-state index in [1.165, 1.54) is 4.70 Å². The smallest absolute Gasteiger partial charge is 0.184 e. The van der Waals surface area contributed by atoms with Gasteiger partial charge in [-0.15, -0.1) is 0 Å².